The van der Waals surface area contributed by atoms with Gasteiger partial charge in [-0.1, -0.05) is 6.07 Å². The van der Waals surface area contributed by atoms with Crippen LogP contribution >= 0.6 is 0 Å². The van der Waals surface area contributed by atoms with E-state index in [1.54, 1.807) is 39.2 Å². The molecule has 152 valence electrons. The Balaban J connectivity index is 1.69. The van der Waals surface area contributed by atoms with Crippen LogP contribution in [-0.2, 0) is 14.3 Å². The normalized spacial score (nSPS) is 16.7. The molecule has 3 amide bonds. The molecule has 1 unspecified atom stereocenters. The van der Waals surface area contributed by atoms with E-state index in [2.05, 4.69) is 16.4 Å². The molecule has 7 nitrogen and oxygen atoms in total. The molecular weight excluding hydrogens is 372 g/mol. The van der Waals surface area contributed by atoms with E-state index in [0.717, 1.165) is 16.5 Å². The van der Waals surface area contributed by atoms with Gasteiger partial charge in [-0.05, 0) is 57.0 Å². The molecule has 7 heteroatoms. The van der Waals surface area contributed by atoms with Crippen molar-refractivity contribution in [3.63, 3.8) is 0 Å². The fourth-order valence-electron chi connectivity index (χ4n) is 3.08. The van der Waals surface area contributed by atoms with Crippen molar-refractivity contribution in [1.29, 1.82) is 0 Å². The Morgan fingerprint density at radius 3 is 2.90 bits per heavy atom. The summed E-state index contributed by atoms with van der Waals surface area (Å²) in [4.78, 5) is 35.1. The minimum absolute atomic E-state index is 0.243. The second-order valence-corrected chi connectivity index (χ2v) is 7.85. The molecule has 1 atom stereocenters. The highest BCUT2D eigenvalue weighted by Gasteiger charge is 2.30. The molecule has 0 aliphatic carbocycles. The van der Waals surface area contributed by atoms with Crippen LogP contribution in [-0.4, -0.2) is 30.1 Å². The lowest BCUT2D eigenvalue weighted by molar-refractivity contribution is -0.134. The number of nitrogens with one attached hydrogen (secondary N) is 2. The van der Waals surface area contributed by atoms with Crippen molar-refractivity contribution in [2.45, 2.75) is 45.1 Å². The van der Waals surface area contributed by atoms with E-state index in [-0.39, 0.29) is 11.8 Å². The SMILES string of the molecule is CC(C)(C)OC(=O)NCC=C=Cc1ccc2occ(C3CCC(=O)NC3=O)c2c1. The number of rotatable bonds is 4. The van der Waals surface area contributed by atoms with Gasteiger partial charge >= 0.3 is 6.09 Å². The highest BCUT2D eigenvalue weighted by Crippen LogP contribution is 2.33. The maximum Gasteiger partial charge on any atom is 0.407 e. The summed E-state index contributed by atoms with van der Waals surface area (Å²) < 4.78 is 10.7. The molecule has 2 heterocycles. The zero-order valence-electron chi connectivity index (χ0n) is 16.7. The Morgan fingerprint density at radius 2 is 2.17 bits per heavy atom. The van der Waals surface area contributed by atoms with Crippen molar-refractivity contribution in [2.75, 3.05) is 6.54 Å². The summed E-state index contributed by atoms with van der Waals surface area (Å²) in [6.45, 7) is 5.70. The largest absolute Gasteiger partial charge is 0.464 e. The number of fused-ring (bicyclic) bond motifs is 1. The number of carbonyl (C=O) groups is 3. The Labute approximate surface area is 168 Å². The van der Waals surface area contributed by atoms with Gasteiger partial charge in [0, 0.05) is 23.9 Å². The summed E-state index contributed by atoms with van der Waals surface area (Å²) >= 11 is 0. The van der Waals surface area contributed by atoms with Gasteiger partial charge in [-0.25, -0.2) is 4.79 Å². The van der Waals surface area contributed by atoms with Gasteiger partial charge in [0.05, 0.1) is 12.2 Å². The number of furan rings is 1. The van der Waals surface area contributed by atoms with Gasteiger partial charge in [0.2, 0.25) is 11.8 Å². The smallest absolute Gasteiger partial charge is 0.407 e. The Bertz CT molecular complexity index is 1010. The number of imide groups is 1. The van der Waals surface area contributed by atoms with Crippen LogP contribution in [0.5, 0.6) is 0 Å². The third-order valence-corrected chi connectivity index (χ3v) is 4.36. The molecule has 2 aromatic rings. The maximum atomic E-state index is 12.2. The molecule has 2 N–H and O–H groups in total. The average Bonchev–Trinajstić information content (AvgIpc) is 3.03. The number of ether oxygens (including phenoxy) is 1. The van der Waals surface area contributed by atoms with Crippen LogP contribution in [0.25, 0.3) is 17.0 Å². The van der Waals surface area contributed by atoms with E-state index in [0.29, 0.717) is 25.0 Å². The monoisotopic (exact) mass is 396 g/mol. The zero-order valence-corrected chi connectivity index (χ0v) is 16.7. The first kappa shape index (κ1) is 20.4. The number of hydrogen-bond acceptors (Lipinski definition) is 5. The molecule has 1 fully saturated rings. The van der Waals surface area contributed by atoms with Crippen molar-refractivity contribution < 1.29 is 23.5 Å². The lowest BCUT2D eigenvalue weighted by Gasteiger charge is -2.19. The first-order valence-electron chi connectivity index (χ1n) is 9.45. The van der Waals surface area contributed by atoms with Crippen LogP contribution in [0.2, 0.25) is 0 Å². The second-order valence-electron chi connectivity index (χ2n) is 7.85. The highest BCUT2D eigenvalue weighted by atomic mass is 16.6. The fraction of sp³-hybridized carbons (Fsp3) is 0.364. The van der Waals surface area contributed by atoms with Crippen molar-refractivity contribution in [3.05, 3.63) is 47.4 Å². The van der Waals surface area contributed by atoms with Gasteiger partial charge in [0.25, 0.3) is 0 Å². The molecule has 0 spiro atoms. The molecule has 3 rings (SSSR count). The lowest BCUT2D eigenvalue weighted by atomic mass is 9.90. The molecule has 0 saturated carbocycles. The average molecular weight is 396 g/mol. The molecule has 0 bridgehead atoms. The maximum absolute atomic E-state index is 12.2. The van der Waals surface area contributed by atoms with Crippen LogP contribution < -0.4 is 10.6 Å². The molecule has 1 saturated heterocycles. The molecule has 0 radical (unpaired) electrons. The van der Waals surface area contributed by atoms with Crippen LogP contribution in [0.1, 0.15) is 50.7 Å². The third kappa shape index (κ3) is 5.36. The summed E-state index contributed by atoms with van der Waals surface area (Å²) in [6.07, 6.45) is 5.34. The molecule has 1 aliphatic rings. The van der Waals surface area contributed by atoms with Gasteiger partial charge in [-0.15, -0.1) is 5.73 Å². The molecular formula is C22H24N2O5. The van der Waals surface area contributed by atoms with Gasteiger partial charge in [0.1, 0.15) is 11.2 Å². The molecule has 29 heavy (non-hydrogen) atoms. The molecule has 1 aromatic heterocycles. The van der Waals surface area contributed by atoms with Crippen LogP contribution in [0.15, 0.2) is 40.7 Å². The molecule has 1 aliphatic heterocycles. The first-order chi connectivity index (χ1) is 13.7. The summed E-state index contributed by atoms with van der Waals surface area (Å²) in [7, 11) is 0. The Hall–Kier alpha value is -3.31. The topological polar surface area (TPSA) is 97.6 Å². The lowest BCUT2D eigenvalue weighted by Crippen LogP contribution is -2.39. The van der Waals surface area contributed by atoms with E-state index >= 15 is 0 Å². The summed E-state index contributed by atoms with van der Waals surface area (Å²) in [6, 6.07) is 5.62. The summed E-state index contributed by atoms with van der Waals surface area (Å²) in [5.41, 5.74) is 4.81. The van der Waals surface area contributed by atoms with Crippen molar-refractivity contribution in [3.8, 4) is 0 Å². The standard InChI is InChI=1S/C22H24N2O5/c1-22(2,3)29-21(27)23-11-5-4-6-14-7-9-18-16(12-14)17(13-28-18)15-8-10-19(25)24-20(15)26/h5-7,9,12-13,15H,8,10-11H2,1-3H3,(H,23,27)(H,24,25,26). The zero-order chi connectivity index (χ0) is 21.0. The van der Waals surface area contributed by atoms with E-state index in [4.69, 9.17) is 9.15 Å². The fourth-order valence-corrected chi connectivity index (χ4v) is 3.08. The van der Waals surface area contributed by atoms with Crippen LogP contribution in [0.4, 0.5) is 4.79 Å². The number of piperidine rings is 1. The highest BCUT2D eigenvalue weighted by molar-refractivity contribution is 6.02. The number of benzene rings is 1. The molecule has 1 aromatic carbocycles. The summed E-state index contributed by atoms with van der Waals surface area (Å²) in [5.74, 6) is -0.937. The predicted octanol–water partition coefficient (Wildman–Crippen LogP) is 3.65. The second kappa shape index (κ2) is 8.37. The first-order valence-corrected chi connectivity index (χ1v) is 9.45. The van der Waals surface area contributed by atoms with Gasteiger partial charge in [-0.3, -0.25) is 14.9 Å². The van der Waals surface area contributed by atoms with Gasteiger partial charge in [0.15, 0.2) is 0 Å². The van der Waals surface area contributed by atoms with Crippen LogP contribution in [0, 0.1) is 0 Å². The van der Waals surface area contributed by atoms with Crippen LogP contribution in [0.3, 0.4) is 0 Å². The quantitative estimate of drug-likeness (QED) is 0.607. The number of hydrogen-bond donors (Lipinski definition) is 2. The Morgan fingerprint density at radius 1 is 1.38 bits per heavy atom. The Kier molecular flexibility index (Phi) is 5.89. The van der Waals surface area contributed by atoms with Crippen molar-refractivity contribution in [2.24, 2.45) is 0 Å². The van der Waals surface area contributed by atoms with Gasteiger partial charge < -0.3 is 14.5 Å². The number of amides is 3. The number of carbonyl (C=O) groups excluding carboxylic acids is 3. The van der Waals surface area contributed by atoms with Crippen molar-refractivity contribution in [1.82, 2.24) is 10.6 Å². The van der Waals surface area contributed by atoms with Gasteiger partial charge in [-0.2, -0.15) is 0 Å². The van der Waals surface area contributed by atoms with E-state index < -0.39 is 17.6 Å². The van der Waals surface area contributed by atoms with E-state index in [9.17, 15) is 14.4 Å². The number of alkyl carbamates (subject to hydrolysis) is 1. The predicted molar refractivity (Wildman–Crippen MR) is 108 cm³/mol. The summed E-state index contributed by atoms with van der Waals surface area (Å²) in [5, 5.41) is 5.84. The van der Waals surface area contributed by atoms with E-state index in [1.807, 2.05) is 18.2 Å². The minimum Gasteiger partial charge on any atom is -0.464 e. The minimum atomic E-state index is -0.538. The third-order valence-electron chi connectivity index (χ3n) is 4.36. The van der Waals surface area contributed by atoms with Crippen molar-refractivity contribution >= 4 is 35.0 Å². The van der Waals surface area contributed by atoms with E-state index in [1.165, 1.54) is 0 Å².